The second kappa shape index (κ2) is 9.16. The minimum Gasteiger partial charge on any atom is -0.493 e. The lowest BCUT2D eigenvalue weighted by Gasteiger charge is -2.28. The van der Waals surface area contributed by atoms with E-state index in [1.807, 2.05) is 54.6 Å². The summed E-state index contributed by atoms with van der Waals surface area (Å²) in [5, 5.41) is 11.0. The van der Waals surface area contributed by atoms with Gasteiger partial charge in [0.2, 0.25) is 0 Å². The fraction of sp³-hybridized carbons (Fsp3) is 0.360. The Kier molecular flexibility index (Phi) is 6.17. The molecule has 0 aliphatic heterocycles. The first-order chi connectivity index (χ1) is 14.7. The van der Waals surface area contributed by atoms with E-state index in [2.05, 4.69) is 4.98 Å². The first-order valence-corrected chi connectivity index (χ1v) is 10.5. The highest BCUT2D eigenvalue weighted by molar-refractivity contribution is 5.78. The van der Waals surface area contributed by atoms with E-state index in [9.17, 15) is 9.90 Å². The van der Waals surface area contributed by atoms with Crippen LogP contribution < -0.4 is 9.47 Å². The van der Waals surface area contributed by atoms with Gasteiger partial charge in [-0.1, -0.05) is 49.6 Å². The van der Waals surface area contributed by atoms with Crippen LogP contribution in [-0.4, -0.2) is 23.2 Å². The van der Waals surface area contributed by atoms with Gasteiger partial charge in [0, 0.05) is 5.39 Å². The van der Waals surface area contributed by atoms with Crippen molar-refractivity contribution in [3.63, 3.8) is 0 Å². The minimum absolute atomic E-state index is 0.175. The summed E-state index contributed by atoms with van der Waals surface area (Å²) in [6, 6.07) is 17.4. The van der Waals surface area contributed by atoms with Crippen LogP contribution in [-0.2, 0) is 11.4 Å². The number of methoxy groups -OCH3 is 1. The molecule has 4 rings (SSSR count). The number of carbonyl (C=O) groups is 1. The van der Waals surface area contributed by atoms with Crippen molar-refractivity contribution in [2.75, 3.05) is 7.11 Å². The number of rotatable bonds is 7. The first kappa shape index (κ1) is 20.2. The number of benzene rings is 2. The van der Waals surface area contributed by atoms with Gasteiger partial charge in [-0.3, -0.25) is 4.79 Å². The van der Waals surface area contributed by atoms with Crippen molar-refractivity contribution in [1.29, 1.82) is 0 Å². The molecule has 1 N–H and O–H groups in total. The molecular formula is C25H27NO4. The molecule has 5 heteroatoms. The number of pyridine rings is 1. The number of hydrogen-bond donors (Lipinski definition) is 1. The summed E-state index contributed by atoms with van der Waals surface area (Å²) in [6.45, 7) is 0.311. The van der Waals surface area contributed by atoms with Crippen LogP contribution in [0.4, 0.5) is 0 Å². The SMILES string of the molecule is COc1cc(C(C(=O)O)C2CCCCC2)ccc1OCc1ccc2ccccc2n1. The van der Waals surface area contributed by atoms with Crippen LogP contribution in [0.2, 0.25) is 0 Å². The van der Waals surface area contributed by atoms with Crippen LogP contribution in [0.15, 0.2) is 54.6 Å². The molecule has 2 aromatic carbocycles. The first-order valence-electron chi connectivity index (χ1n) is 10.5. The van der Waals surface area contributed by atoms with Crippen molar-refractivity contribution in [2.24, 2.45) is 5.92 Å². The van der Waals surface area contributed by atoms with Crippen molar-refractivity contribution in [3.05, 3.63) is 65.9 Å². The fourth-order valence-electron chi connectivity index (χ4n) is 4.42. The van der Waals surface area contributed by atoms with Crippen molar-refractivity contribution in [3.8, 4) is 11.5 Å². The average molecular weight is 405 g/mol. The Hall–Kier alpha value is -3.08. The van der Waals surface area contributed by atoms with Gasteiger partial charge in [-0.25, -0.2) is 4.98 Å². The molecule has 1 unspecified atom stereocenters. The number of aliphatic carboxylic acids is 1. The molecular weight excluding hydrogens is 378 g/mol. The van der Waals surface area contributed by atoms with Gasteiger partial charge in [-0.15, -0.1) is 0 Å². The molecule has 156 valence electrons. The molecule has 0 spiro atoms. The van der Waals surface area contributed by atoms with Gasteiger partial charge >= 0.3 is 5.97 Å². The standard InChI is InChI=1S/C25H27NO4/c1-29-23-15-19(24(25(27)28)18-8-3-2-4-9-18)12-14-22(23)30-16-20-13-11-17-7-5-6-10-21(17)26-20/h5-7,10-15,18,24H,2-4,8-9,16H2,1H3,(H,27,28). The highest BCUT2D eigenvalue weighted by Crippen LogP contribution is 2.39. The number of fused-ring (bicyclic) bond motifs is 1. The zero-order chi connectivity index (χ0) is 20.9. The Morgan fingerprint density at radius 2 is 1.87 bits per heavy atom. The number of carboxylic acids is 1. The number of hydrogen-bond acceptors (Lipinski definition) is 4. The summed E-state index contributed by atoms with van der Waals surface area (Å²) in [7, 11) is 1.58. The number of carboxylic acid groups (broad SMARTS) is 1. The molecule has 0 saturated heterocycles. The summed E-state index contributed by atoms with van der Waals surface area (Å²) in [5.41, 5.74) is 2.53. The molecule has 1 heterocycles. The van der Waals surface area contributed by atoms with Gasteiger partial charge in [-0.2, -0.15) is 0 Å². The largest absolute Gasteiger partial charge is 0.493 e. The summed E-state index contributed by atoms with van der Waals surface area (Å²) in [6.07, 6.45) is 5.33. The molecule has 0 bridgehead atoms. The van der Waals surface area contributed by atoms with Gasteiger partial charge in [0.15, 0.2) is 11.5 Å². The van der Waals surface area contributed by atoms with E-state index in [-0.39, 0.29) is 5.92 Å². The second-order valence-electron chi connectivity index (χ2n) is 7.91. The predicted molar refractivity (Wildman–Crippen MR) is 116 cm³/mol. The van der Waals surface area contributed by atoms with Crippen molar-refractivity contribution in [2.45, 2.75) is 44.6 Å². The molecule has 1 saturated carbocycles. The summed E-state index contributed by atoms with van der Waals surface area (Å²) < 4.78 is 11.5. The highest BCUT2D eigenvalue weighted by Gasteiger charge is 2.31. The molecule has 1 atom stereocenters. The Morgan fingerprint density at radius 3 is 2.63 bits per heavy atom. The Labute approximate surface area is 176 Å². The quantitative estimate of drug-likeness (QED) is 0.556. The van der Waals surface area contributed by atoms with Crippen LogP contribution >= 0.6 is 0 Å². The van der Waals surface area contributed by atoms with Crippen LogP contribution in [0.3, 0.4) is 0 Å². The van der Waals surface area contributed by atoms with E-state index in [0.29, 0.717) is 18.1 Å². The molecule has 1 aliphatic rings. The van der Waals surface area contributed by atoms with E-state index >= 15 is 0 Å². The Balaban J connectivity index is 1.53. The molecule has 1 fully saturated rings. The lowest BCUT2D eigenvalue weighted by molar-refractivity contribution is -0.140. The van der Waals surface area contributed by atoms with Crippen LogP contribution in [0.1, 0.15) is 49.3 Å². The van der Waals surface area contributed by atoms with Gasteiger partial charge in [0.25, 0.3) is 0 Å². The molecule has 5 nitrogen and oxygen atoms in total. The van der Waals surface area contributed by atoms with Gasteiger partial charge in [-0.05, 0) is 48.6 Å². The van der Waals surface area contributed by atoms with Crippen molar-refractivity contribution < 1.29 is 19.4 Å². The lowest BCUT2D eigenvalue weighted by atomic mass is 9.77. The number of ether oxygens (including phenoxy) is 2. The zero-order valence-electron chi connectivity index (χ0n) is 17.2. The average Bonchev–Trinajstić information content (AvgIpc) is 2.78. The maximum absolute atomic E-state index is 12.0. The minimum atomic E-state index is -0.766. The van der Waals surface area contributed by atoms with Gasteiger partial charge in [0.1, 0.15) is 6.61 Å². The molecule has 1 aromatic heterocycles. The molecule has 30 heavy (non-hydrogen) atoms. The lowest BCUT2D eigenvalue weighted by Crippen LogP contribution is -2.23. The van der Waals surface area contributed by atoms with E-state index in [4.69, 9.17) is 9.47 Å². The second-order valence-corrected chi connectivity index (χ2v) is 7.91. The monoisotopic (exact) mass is 405 g/mol. The summed E-state index contributed by atoms with van der Waals surface area (Å²) in [5.74, 6) is 0.0438. The smallest absolute Gasteiger partial charge is 0.311 e. The van der Waals surface area contributed by atoms with Gasteiger partial charge < -0.3 is 14.6 Å². The molecule has 3 aromatic rings. The van der Waals surface area contributed by atoms with Crippen molar-refractivity contribution in [1.82, 2.24) is 4.98 Å². The summed E-state index contributed by atoms with van der Waals surface area (Å²) in [4.78, 5) is 16.7. The maximum Gasteiger partial charge on any atom is 0.311 e. The molecule has 0 radical (unpaired) electrons. The number of nitrogens with zero attached hydrogens (tertiary/aromatic N) is 1. The number of aromatic nitrogens is 1. The van der Waals surface area contributed by atoms with E-state index < -0.39 is 11.9 Å². The van der Waals surface area contributed by atoms with E-state index in [1.165, 1.54) is 6.42 Å². The third-order valence-electron chi connectivity index (χ3n) is 5.97. The highest BCUT2D eigenvalue weighted by atomic mass is 16.5. The maximum atomic E-state index is 12.0. The Bertz CT molecular complexity index is 1030. The van der Waals surface area contributed by atoms with Crippen LogP contribution in [0.5, 0.6) is 11.5 Å². The normalized spacial score (nSPS) is 15.6. The predicted octanol–water partition coefficient (Wildman–Crippen LogP) is 5.57. The Morgan fingerprint density at radius 1 is 1.07 bits per heavy atom. The molecule has 1 aliphatic carbocycles. The molecule has 0 amide bonds. The van der Waals surface area contributed by atoms with E-state index in [0.717, 1.165) is 47.8 Å². The van der Waals surface area contributed by atoms with Crippen LogP contribution in [0, 0.1) is 5.92 Å². The third kappa shape index (κ3) is 4.40. The fourth-order valence-corrected chi connectivity index (χ4v) is 4.42. The number of para-hydroxylation sites is 1. The topological polar surface area (TPSA) is 68.7 Å². The van der Waals surface area contributed by atoms with Gasteiger partial charge in [0.05, 0.1) is 24.2 Å². The van der Waals surface area contributed by atoms with E-state index in [1.54, 1.807) is 7.11 Å². The zero-order valence-corrected chi connectivity index (χ0v) is 17.2. The third-order valence-corrected chi connectivity index (χ3v) is 5.97. The summed E-state index contributed by atoms with van der Waals surface area (Å²) >= 11 is 0. The van der Waals surface area contributed by atoms with Crippen molar-refractivity contribution >= 4 is 16.9 Å². The van der Waals surface area contributed by atoms with Crippen LogP contribution in [0.25, 0.3) is 10.9 Å².